The van der Waals surface area contributed by atoms with Crippen molar-refractivity contribution in [3.63, 3.8) is 0 Å². The monoisotopic (exact) mass is 367 g/mol. The van der Waals surface area contributed by atoms with Gasteiger partial charge in [-0.3, -0.25) is 4.90 Å². The fourth-order valence-electron chi connectivity index (χ4n) is 3.53. The SMILES string of the molecule is CNc1ncnc2c(F)c(N3CCN(Cc4ccnc(N)c4)CC3)ccc12. The van der Waals surface area contributed by atoms with Gasteiger partial charge in [0.05, 0.1) is 5.69 Å². The Bertz CT molecular complexity index is 954. The van der Waals surface area contributed by atoms with Gasteiger partial charge in [-0.2, -0.15) is 0 Å². The number of aromatic nitrogens is 3. The number of nitrogens with zero attached hydrogens (tertiary/aromatic N) is 5. The molecule has 3 N–H and O–H groups in total. The lowest BCUT2D eigenvalue weighted by Crippen LogP contribution is -2.46. The summed E-state index contributed by atoms with van der Waals surface area (Å²) in [6.07, 6.45) is 3.12. The zero-order chi connectivity index (χ0) is 18.8. The highest BCUT2D eigenvalue weighted by atomic mass is 19.1. The summed E-state index contributed by atoms with van der Waals surface area (Å²) in [4.78, 5) is 16.7. The maximum Gasteiger partial charge on any atom is 0.172 e. The molecule has 0 saturated carbocycles. The van der Waals surface area contributed by atoms with E-state index in [9.17, 15) is 0 Å². The Balaban J connectivity index is 1.49. The zero-order valence-corrected chi connectivity index (χ0v) is 15.2. The Hall–Kier alpha value is -3.00. The third kappa shape index (κ3) is 3.48. The van der Waals surface area contributed by atoms with Gasteiger partial charge in [0.2, 0.25) is 0 Å². The number of nitrogens with two attached hydrogens (primary N) is 1. The van der Waals surface area contributed by atoms with E-state index in [-0.39, 0.29) is 5.82 Å². The first-order valence-corrected chi connectivity index (χ1v) is 8.94. The predicted molar refractivity (Wildman–Crippen MR) is 105 cm³/mol. The summed E-state index contributed by atoms with van der Waals surface area (Å²) in [5.41, 5.74) is 7.84. The second kappa shape index (κ2) is 7.32. The summed E-state index contributed by atoms with van der Waals surface area (Å²) < 4.78 is 15.1. The van der Waals surface area contributed by atoms with E-state index < -0.39 is 0 Å². The summed E-state index contributed by atoms with van der Waals surface area (Å²) in [5.74, 6) is 0.876. The van der Waals surface area contributed by atoms with Gasteiger partial charge in [0.25, 0.3) is 0 Å². The topological polar surface area (TPSA) is 83.2 Å². The molecule has 1 aliphatic rings. The van der Waals surface area contributed by atoms with Gasteiger partial charge >= 0.3 is 0 Å². The number of nitrogens with one attached hydrogen (secondary N) is 1. The molecular weight excluding hydrogens is 345 g/mol. The number of pyridine rings is 1. The Morgan fingerprint density at radius 3 is 2.67 bits per heavy atom. The second-order valence-corrected chi connectivity index (χ2v) is 6.62. The van der Waals surface area contributed by atoms with E-state index in [4.69, 9.17) is 5.73 Å². The third-order valence-corrected chi connectivity index (χ3v) is 4.93. The number of rotatable bonds is 4. The van der Waals surface area contributed by atoms with Crippen molar-refractivity contribution in [3.8, 4) is 0 Å². The van der Waals surface area contributed by atoms with Crippen molar-refractivity contribution in [2.75, 3.05) is 49.2 Å². The van der Waals surface area contributed by atoms with Crippen molar-refractivity contribution >= 4 is 28.2 Å². The van der Waals surface area contributed by atoms with Crippen LogP contribution in [0.15, 0.2) is 36.8 Å². The maximum atomic E-state index is 15.1. The lowest BCUT2D eigenvalue weighted by atomic mass is 10.1. The van der Waals surface area contributed by atoms with Crippen molar-refractivity contribution < 1.29 is 4.39 Å². The molecular formula is C19H22FN7. The molecule has 0 bridgehead atoms. The van der Waals surface area contributed by atoms with Gasteiger partial charge in [-0.05, 0) is 29.8 Å². The molecule has 0 atom stereocenters. The number of fused-ring (bicyclic) bond motifs is 1. The van der Waals surface area contributed by atoms with Crippen molar-refractivity contribution in [3.05, 3.63) is 48.2 Å². The molecule has 140 valence electrons. The molecule has 1 saturated heterocycles. The minimum atomic E-state index is -0.290. The first-order chi connectivity index (χ1) is 13.2. The lowest BCUT2D eigenvalue weighted by molar-refractivity contribution is 0.249. The van der Waals surface area contributed by atoms with Crippen molar-refractivity contribution in [2.45, 2.75) is 6.54 Å². The normalized spacial score (nSPS) is 15.3. The van der Waals surface area contributed by atoms with Crippen LogP contribution in [-0.2, 0) is 6.54 Å². The highest BCUT2D eigenvalue weighted by Crippen LogP contribution is 2.29. The number of halogens is 1. The molecule has 2 aromatic heterocycles. The van der Waals surface area contributed by atoms with Crippen molar-refractivity contribution in [1.82, 2.24) is 19.9 Å². The van der Waals surface area contributed by atoms with E-state index >= 15 is 4.39 Å². The number of benzene rings is 1. The van der Waals surface area contributed by atoms with Crippen molar-refractivity contribution in [1.29, 1.82) is 0 Å². The van der Waals surface area contributed by atoms with Gasteiger partial charge in [0.1, 0.15) is 23.5 Å². The molecule has 1 fully saturated rings. The minimum absolute atomic E-state index is 0.290. The van der Waals surface area contributed by atoms with Crippen LogP contribution in [0.5, 0.6) is 0 Å². The molecule has 7 nitrogen and oxygen atoms in total. The van der Waals surface area contributed by atoms with Gasteiger partial charge in [-0.1, -0.05) is 0 Å². The molecule has 3 heterocycles. The van der Waals surface area contributed by atoms with E-state index in [0.29, 0.717) is 28.2 Å². The first-order valence-electron chi connectivity index (χ1n) is 8.94. The van der Waals surface area contributed by atoms with Crippen LogP contribution >= 0.6 is 0 Å². The Labute approximate surface area is 157 Å². The molecule has 1 aliphatic heterocycles. The number of piperazine rings is 1. The molecule has 3 aromatic rings. The molecule has 27 heavy (non-hydrogen) atoms. The van der Waals surface area contributed by atoms with Crippen LogP contribution in [0.3, 0.4) is 0 Å². The first kappa shape index (κ1) is 17.4. The molecule has 0 aliphatic carbocycles. The summed E-state index contributed by atoms with van der Waals surface area (Å²) in [5, 5.41) is 3.67. The van der Waals surface area contributed by atoms with Crippen LogP contribution in [0, 0.1) is 5.82 Å². The van der Waals surface area contributed by atoms with Gasteiger partial charge < -0.3 is 16.0 Å². The minimum Gasteiger partial charge on any atom is -0.384 e. The fourth-order valence-corrected chi connectivity index (χ4v) is 3.53. The summed E-state index contributed by atoms with van der Waals surface area (Å²) in [6, 6.07) is 7.58. The van der Waals surface area contributed by atoms with E-state index in [1.165, 1.54) is 6.33 Å². The van der Waals surface area contributed by atoms with Gasteiger partial charge in [-0.15, -0.1) is 0 Å². The summed E-state index contributed by atoms with van der Waals surface area (Å²) in [6.45, 7) is 4.04. The molecule has 0 amide bonds. The van der Waals surface area contributed by atoms with E-state index in [1.54, 1.807) is 13.2 Å². The fraction of sp³-hybridized carbons (Fsp3) is 0.316. The van der Waals surface area contributed by atoms with Gasteiger partial charge in [0, 0.05) is 51.4 Å². The second-order valence-electron chi connectivity index (χ2n) is 6.62. The molecule has 1 aromatic carbocycles. The van der Waals surface area contributed by atoms with Crippen LogP contribution in [-0.4, -0.2) is 53.1 Å². The van der Waals surface area contributed by atoms with E-state index in [0.717, 1.165) is 38.3 Å². The van der Waals surface area contributed by atoms with Crippen LogP contribution < -0.4 is 16.0 Å². The highest BCUT2D eigenvalue weighted by molar-refractivity contribution is 5.91. The van der Waals surface area contributed by atoms with Crippen LogP contribution in [0.2, 0.25) is 0 Å². The highest BCUT2D eigenvalue weighted by Gasteiger charge is 2.21. The van der Waals surface area contributed by atoms with Crippen LogP contribution in [0.1, 0.15) is 5.56 Å². The summed E-state index contributed by atoms with van der Waals surface area (Å²) >= 11 is 0. The van der Waals surface area contributed by atoms with E-state index in [1.807, 2.05) is 24.3 Å². The number of hydrogen-bond donors (Lipinski definition) is 2. The number of hydrogen-bond acceptors (Lipinski definition) is 7. The quantitative estimate of drug-likeness (QED) is 0.731. The molecule has 0 unspecified atom stereocenters. The van der Waals surface area contributed by atoms with Crippen LogP contribution in [0.25, 0.3) is 10.9 Å². The predicted octanol–water partition coefficient (Wildman–Crippen LogP) is 2.11. The summed E-state index contributed by atoms with van der Waals surface area (Å²) in [7, 11) is 1.77. The van der Waals surface area contributed by atoms with Gasteiger partial charge in [0.15, 0.2) is 5.82 Å². The third-order valence-electron chi connectivity index (χ3n) is 4.93. The molecule has 0 spiro atoms. The average molecular weight is 367 g/mol. The lowest BCUT2D eigenvalue weighted by Gasteiger charge is -2.36. The smallest absolute Gasteiger partial charge is 0.172 e. The number of anilines is 3. The Kier molecular flexibility index (Phi) is 4.72. The van der Waals surface area contributed by atoms with Gasteiger partial charge in [-0.25, -0.2) is 19.3 Å². The standard InChI is InChI=1S/C19H22FN7/c1-22-19-14-2-3-15(17(20)18(14)24-12-25-19)27-8-6-26(7-9-27)11-13-4-5-23-16(21)10-13/h2-5,10,12H,6-9,11H2,1H3,(H2,21,23)(H,22,24,25). The molecule has 8 heteroatoms. The Morgan fingerprint density at radius 1 is 1.11 bits per heavy atom. The Morgan fingerprint density at radius 2 is 1.93 bits per heavy atom. The maximum absolute atomic E-state index is 15.1. The van der Waals surface area contributed by atoms with Crippen molar-refractivity contribution in [2.24, 2.45) is 0 Å². The largest absolute Gasteiger partial charge is 0.384 e. The van der Waals surface area contributed by atoms with E-state index in [2.05, 4.69) is 30.1 Å². The average Bonchev–Trinajstić information content (AvgIpc) is 2.69. The zero-order valence-electron chi connectivity index (χ0n) is 15.2. The molecule has 4 rings (SSSR count). The number of nitrogen functional groups attached to an aromatic ring is 1. The molecule has 0 radical (unpaired) electrons. The van der Waals surface area contributed by atoms with Crippen LogP contribution in [0.4, 0.5) is 21.7 Å².